The number of benzene rings is 1. The molecule has 1 aromatic carbocycles. The van der Waals surface area contributed by atoms with Gasteiger partial charge in [0.15, 0.2) is 0 Å². The first-order chi connectivity index (χ1) is 9.88. The van der Waals surface area contributed by atoms with E-state index in [1.54, 1.807) is 0 Å². The Balaban J connectivity index is 1.62. The Kier molecular flexibility index (Phi) is 4.62. The average molecular weight is 272 g/mol. The predicted molar refractivity (Wildman–Crippen MR) is 86.1 cm³/mol. The van der Waals surface area contributed by atoms with Crippen molar-refractivity contribution in [2.24, 2.45) is 5.92 Å². The molecule has 110 valence electrons. The Hall–Kier alpha value is -1.02. The second kappa shape index (κ2) is 6.62. The van der Waals surface area contributed by atoms with Gasteiger partial charge in [-0.1, -0.05) is 31.9 Å². The SMILES string of the molecule is CCCNCc1ccc(N2CCC3CCCCC32)cc1. The first-order valence-electron chi connectivity index (χ1n) is 8.45. The zero-order valence-corrected chi connectivity index (χ0v) is 12.8. The van der Waals surface area contributed by atoms with E-state index < -0.39 is 0 Å². The molecule has 1 N–H and O–H groups in total. The lowest BCUT2D eigenvalue weighted by Crippen LogP contribution is -2.34. The lowest BCUT2D eigenvalue weighted by Gasteiger charge is -2.33. The normalized spacial score (nSPS) is 25.8. The standard InChI is InChI=1S/C18H28N2/c1-2-12-19-14-15-7-9-17(10-8-15)20-13-11-16-5-3-4-6-18(16)20/h7-10,16,18-19H,2-6,11-14H2,1H3. The Bertz CT molecular complexity index is 412. The van der Waals surface area contributed by atoms with E-state index in [0.29, 0.717) is 0 Å². The van der Waals surface area contributed by atoms with E-state index in [-0.39, 0.29) is 0 Å². The fourth-order valence-corrected chi connectivity index (χ4v) is 3.94. The monoisotopic (exact) mass is 272 g/mol. The van der Waals surface area contributed by atoms with Gasteiger partial charge < -0.3 is 10.2 Å². The van der Waals surface area contributed by atoms with Crippen molar-refractivity contribution in [3.8, 4) is 0 Å². The second-order valence-electron chi connectivity index (χ2n) is 6.44. The summed E-state index contributed by atoms with van der Waals surface area (Å²) >= 11 is 0. The molecule has 1 saturated heterocycles. The molecule has 2 unspecified atom stereocenters. The molecule has 0 radical (unpaired) electrons. The van der Waals surface area contributed by atoms with E-state index in [2.05, 4.69) is 41.4 Å². The van der Waals surface area contributed by atoms with Crippen molar-refractivity contribution >= 4 is 5.69 Å². The lowest BCUT2D eigenvalue weighted by molar-refractivity contribution is 0.342. The molecule has 2 aliphatic rings. The molecule has 1 heterocycles. The molecule has 1 saturated carbocycles. The summed E-state index contributed by atoms with van der Waals surface area (Å²) in [6, 6.07) is 10.1. The van der Waals surface area contributed by atoms with Crippen molar-refractivity contribution in [3.63, 3.8) is 0 Å². The number of nitrogens with one attached hydrogen (secondary N) is 1. The summed E-state index contributed by atoms with van der Waals surface area (Å²) < 4.78 is 0. The highest BCUT2D eigenvalue weighted by molar-refractivity contribution is 5.50. The minimum absolute atomic E-state index is 0.827. The Labute approximate surface area is 123 Å². The maximum Gasteiger partial charge on any atom is 0.0369 e. The maximum atomic E-state index is 3.47. The summed E-state index contributed by atoms with van der Waals surface area (Å²) in [5, 5.41) is 3.47. The van der Waals surface area contributed by atoms with Gasteiger partial charge in [-0.05, 0) is 55.8 Å². The first-order valence-corrected chi connectivity index (χ1v) is 8.45. The number of hydrogen-bond acceptors (Lipinski definition) is 2. The van der Waals surface area contributed by atoms with E-state index >= 15 is 0 Å². The highest BCUT2D eigenvalue weighted by atomic mass is 15.2. The smallest absolute Gasteiger partial charge is 0.0369 e. The van der Waals surface area contributed by atoms with Crippen LogP contribution in [0.15, 0.2) is 24.3 Å². The molecule has 2 fully saturated rings. The van der Waals surface area contributed by atoms with Gasteiger partial charge in [0.2, 0.25) is 0 Å². The molecular formula is C18H28N2. The minimum atomic E-state index is 0.827. The van der Waals surface area contributed by atoms with Crippen LogP contribution in [0.5, 0.6) is 0 Å². The van der Waals surface area contributed by atoms with Crippen LogP contribution >= 0.6 is 0 Å². The van der Waals surface area contributed by atoms with E-state index in [4.69, 9.17) is 0 Å². The average Bonchev–Trinajstić information content (AvgIpc) is 2.92. The van der Waals surface area contributed by atoms with Gasteiger partial charge in [-0.15, -0.1) is 0 Å². The van der Waals surface area contributed by atoms with Crippen LogP contribution in [-0.2, 0) is 6.54 Å². The van der Waals surface area contributed by atoms with E-state index in [9.17, 15) is 0 Å². The van der Waals surface area contributed by atoms with Crippen LogP contribution in [0.3, 0.4) is 0 Å². The quantitative estimate of drug-likeness (QED) is 0.816. The van der Waals surface area contributed by atoms with Gasteiger partial charge in [-0.3, -0.25) is 0 Å². The van der Waals surface area contributed by atoms with Gasteiger partial charge in [0.25, 0.3) is 0 Å². The van der Waals surface area contributed by atoms with Crippen molar-refractivity contribution in [2.45, 2.75) is 58.0 Å². The van der Waals surface area contributed by atoms with E-state index in [1.165, 1.54) is 56.3 Å². The van der Waals surface area contributed by atoms with Gasteiger partial charge in [0, 0.05) is 24.8 Å². The van der Waals surface area contributed by atoms with Crippen LogP contribution in [0.4, 0.5) is 5.69 Å². The van der Waals surface area contributed by atoms with Crippen molar-refractivity contribution in [1.29, 1.82) is 0 Å². The second-order valence-corrected chi connectivity index (χ2v) is 6.44. The molecule has 2 nitrogen and oxygen atoms in total. The third-order valence-electron chi connectivity index (χ3n) is 5.03. The van der Waals surface area contributed by atoms with Crippen LogP contribution in [0, 0.1) is 5.92 Å². The Morgan fingerprint density at radius 2 is 1.90 bits per heavy atom. The van der Waals surface area contributed by atoms with Crippen molar-refractivity contribution < 1.29 is 0 Å². The van der Waals surface area contributed by atoms with Gasteiger partial charge in [-0.25, -0.2) is 0 Å². The van der Waals surface area contributed by atoms with Crippen LogP contribution in [0.2, 0.25) is 0 Å². The molecule has 20 heavy (non-hydrogen) atoms. The predicted octanol–water partition coefficient (Wildman–Crippen LogP) is 3.96. The molecule has 3 rings (SSSR count). The zero-order chi connectivity index (χ0) is 13.8. The van der Waals surface area contributed by atoms with Crippen LogP contribution in [-0.4, -0.2) is 19.1 Å². The van der Waals surface area contributed by atoms with Gasteiger partial charge in [0.1, 0.15) is 0 Å². The molecule has 1 aliphatic heterocycles. The summed E-state index contributed by atoms with van der Waals surface area (Å²) in [6.45, 7) is 5.59. The molecule has 0 aromatic heterocycles. The fraction of sp³-hybridized carbons (Fsp3) is 0.667. The Morgan fingerprint density at radius 3 is 2.70 bits per heavy atom. The number of hydrogen-bond donors (Lipinski definition) is 1. The first kappa shape index (κ1) is 13.9. The number of fused-ring (bicyclic) bond motifs is 1. The highest BCUT2D eigenvalue weighted by Gasteiger charge is 2.35. The molecule has 2 atom stereocenters. The van der Waals surface area contributed by atoms with Gasteiger partial charge in [-0.2, -0.15) is 0 Å². The summed E-state index contributed by atoms with van der Waals surface area (Å²) in [7, 11) is 0. The van der Waals surface area contributed by atoms with Gasteiger partial charge >= 0.3 is 0 Å². The fourth-order valence-electron chi connectivity index (χ4n) is 3.94. The molecule has 0 amide bonds. The minimum Gasteiger partial charge on any atom is -0.368 e. The Morgan fingerprint density at radius 1 is 1.10 bits per heavy atom. The molecule has 1 aromatic rings. The summed E-state index contributed by atoms with van der Waals surface area (Å²) in [4.78, 5) is 2.67. The number of nitrogens with zero attached hydrogens (tertiary/aromatic N) is 1. The molecule has 0 bridgehead atoms. The molecule has 1 aliphatic carbocycles. The van der Waals surface area contributed by atoms with Gasteiger partial charge in [0.05, 0.1) is 0 Å². The third kappa shape index (κ3) is 3.01. The maximum absolute atomic E-state index is 3.47. The van der Waals surface area contributed by atoms with Crippen LogP contribution < -0.4 is 10.2 Å². The third-order valence-corrected chi connectivity index (χ3v) is 5.03. The van der Waals surface area contributed by atoms with E-state index in [0.717, 1.165) is 25.0 Å². The van der Waals surface area contributed by atoms with Crippen molar-refractivity contribution in [1.82, 2.24) is 5.32 Å². The summed E-state index contributed by atoms with van der Waals surface area (Å²) in [5.74, 6) is 0.967. The number of rotatable bonds is 5. The largest absolute Gasteiger partial charge is 0.368 e. The summed E-state index contributed by atoms with van der Waals surface area (Å²) in [5.41, 5.74) is 2.85. The summed E-state index contributed by atoms with van der Waals surface area (Å²) in [6.07, 6.45) is 8.36. The zero-order valence-electron chi connectivity index (χ0n) is 12.8. The van der Waals surface area contributed by atoms with Crippen molar-refractivity contribution in [2.75, 3.05) is 18.0 Å². The van der Waals surface area contributed by atoms with Crippen LogP contribution in [0.1, 0.15) is 51.0 Å². The molecule has 0 spiro atoms. The molecular weight excluding hydrogens is 244 g/mol. The topological polar surface area (TPSA) is 15.3 Å². The van der Waals surface area contributed by atoms with Crippen LogP contribution in [0.25, 0.3) is 0 Å². The van der Waals surface area contributed by atoms with E-state index in [1.807, 2.05) is 0 Å². The lowest BCUT2D eigenvalue weighted by atomic mass is 9.85. The highest BCUT2D eigenvalue weighted by Crippen LogP contribution is 2.38. The van der Waals surface area contributed by atoms with Crippen molar-refractivity contribution in [3.05, 3.63) is 29.8 Å². The molecule has 2 heteroatoms. The number of anilines is 1.